The van der Waals surface area contributed by atoms with Gasteiger partial charge in [0.05, 0.1) is 5.69 Å². The molecule has 8 nitrogen and oxygen atoms in total. The van der Waals surface area contributed by atoms with Gasteiger partial charge in [-0.3, -0.25) is 9.20 Å². The Bertz CT molecular complexity index is 1250. The van der Waals surface area contributed by atoms with Crippen LogP contribution in [0.2, 0.25) is 0 Å². The Hall–Kier alpha value is -3.39. The van der Waals surface area contributed by atoms with Gasteiger partial charge in [0.15, 0.2) is 0 Å². The van der Waals surface area contributed by atoms with Crippen LogP contribution in [0.5, 0.6) is 0 Å². The monoisotopic (exact) mass is 445 g/mol. The molecule has 172 valence electrons. The van der Waals surface area contributed by atoms with Gasteiger partial charge in [-0.2, -0.15) is 0 Å². The van der Waals surface area contributed by atoms with Gasteiger partial charge in [0, 0.05) is 48.7 Å². The summed E-state index contributed by atoms with van der Waals surface area (Å²) < 4.78 is 2.09. The number of aromatic nitrogens is 4. The number of nitrogen functional groups attached to an aromatic ring is 1. The Morgan fingerprint density at radius 3 is 2.79 bits per heavy atom. The Labute approximate surface area is 193 Å². The molecule has 1 aliphatic rings. The van der Waals surface area contributed by atoms with Crippen molar-refractivity contribution < 1.29 is 4.79 Å². The highest BCUT2D eigenvalue weighted by Gasteiger charge is 2.28. The molecule has 1 saturated heterocycles. The van der Waals surface area contributed by atoms with Gasteiger partial charge in [-0.05, 0) is 52.0 Å². The summed E-state index contributed by atoms with van der Waals surface area (Å²) in [4.78, 5) is 29.6. The fraction of sp³-hybridized carbons (Fsp3) is 0.400. The first kappa shape index (κ1) is 21.5. The van der Waals surface area contributed by atoms with Crippen LogP contribution in [0.1, 0.15) is 37.4 Å². The lowest BCUT2D eigenvalue weighted by Crippen LogP contribution is -2.38. The second-order valence-corrected chi connectivity index (χ2v) is 9.18. The number of nitrogens with one attached hydrogen (secondary N) is 1. The maximum absolute atomic E-state index is 12.6. The molecule has 33 heavy (non-hydrogen) atoms. The van der Waals surface area contributed by atoms with E-state index < -0.39 is 0 Å². The molecule has 1 fully saturated rings. The molecule has 1 amide bonds. The molecule has 3 N–H and O–H groups in total. The molecule has 0 radical (unpaired) electrons. The van der Waals surface area contributed by atoms with E-state index in [0.29, 0.717) is 12.2 Å². The largest absolute Gasteiger partial charge is 0.382 e. The van der Waals surface area contributed by atoms with E-state index in [-0.39, 0.29) is 11.8 Å². The summed E-state index contributed by atoms with van der Waals surface area (Å²) in [7, 11) is 4.08. The molecular weight excluding hydrogens is 414 g/mol. The highest BCUT2D eigenvalue weighted by molar-refractivity contribution is 5.91. The van der Waals surface area contributed by atoms with Crippen LogP contribution in [-0.2, 0) is 4.79 Å². The summed E-state index contributed by atoms with van der Waals surface area (Å²) in [5, 5.41) is 1.14. The third-order valence-electron chi connectivity index (χ3n) is 6.60. The minimum Gasteiger partial charge on any atom is -0.382 e. The van der Waals surface area contributed by atoms with Crippen LogP contribution >= 0.6 is 0 Å². The molecule has 0 spiro atoms. The zero-order valence-electron chi connectivity index (χ0n) is 19.3. The summed E-state index contributed by atoms with van der Waals surface area (Å²) in [5.41, 5.74) is 9.99. The number of piperidine rings is 1. The molecule has 4 heterocycles. The zero-order valence-corrected chi connectivity index (χ0v) is 19.3. The number of carbonyl (C=O) groups is 1. The van der Waals surface area contributed by atoms with Crippen molar-refractivity contribution in [1.29, 1.82) is 0 Å². The van der Waals surface area contributed by atoms with Gasteiger partial charge in [0.2, 0.25) is 5.91 Å². The van der Waals surface area contributed by atoms with E-state index in [4.69, 9.17) is 10.7 Å². The maximum atomic E-state index is 12.6. The molecule has 0 bridgehead atoms. The van der Waals surface area contributed by atoms with E-state index in [1.165, 1.54) is 0 Å². The summed E-state index contributed by atoms with van der Waals surface area (Å²) in [6.07, 6.45) is 6.98. The summed E-state index contributed by atoms with van der Waals surface area (Å²) in [6.45, 7) is 2.47. The van der Waals surface area contributed by atoms with Crippen LogP contribution in [0.3, 0.4) is 0 Å². The molecule has 4 aromatic rings. The predicted molar refractivity (Wildman–Crippen MR) is 131 cm³/mol. The first-order chi connectivity index (χ1) is 16.0. The SMILES string of the molecule is CN(C)CCCC(=O)N1CCC(c2nc(-c3cc4ccccc4[nH]3)c3c(N)nccn23)CC1. The second kappa shape index (κ2) is 8.86. The fourth-order valence-electron chi connectivity index (χ4n) is 4.86. The van der Waals surface area contributed by atoms with Gasteiger partial charge in [-0.15, -0.1) is 0 Å². The molecule has 1 aliphatic heterocycles. The van der Waals surface area contributed by atoms with Crippen molar-refractivity contribution in [3.8, 4) is 11.4 Å². The molecule has 0 unspecified atom stereocenters. The third-order valence-corrected chi connectivity index (χ3v) is 6.60. The number of H-pyrrole nitrogens is 1. The Balaban J connectivity index is 1.40. The molecule has 3 aromatic heterocycles. The molecular formula is C25H31N7O. The lowest BCUT2D eigenvalue weighted by atomic mass is 9.95. The highest BCUT2D eigenvalue weighted by atomic mass is 16.2. The number of para-hydroxylation sites is 1. The van der Waals surface area contributed by atoms with Crippen LogP contribution in [0.15, 0.2) is 42.7 Å². The molecule has 0 saturated carbocycles. The summed E-state index contributed by atoms with van der Waals surface area (Å²) in [6, 6.07) is 10.3. The number of aromatic amines is 1. The Morgan fingerprint density at radius 1 is 1.24 bits per heavy atom. The van der Waals surface area contributed by atoms with Crippen molar-refractivity contribution >= 4 is 28.1 Å². The van der Waals surface area contributed by atoms with Crippen molar-refractivity contribution in [2.24, 2.45) is 0 Å². The van der Waals surface area contributed by atoms with E-state index in [2.05, 4.69) is 37.5 Å². The van der Waals surface area contributed by atoms with Crippen molar-refractivity contribution in [2.75, 3.05) is 39.5 Å². The summed E-state index contributed by atoms with van der Waals surface area (Å²) in [5.74, 6) is 1.99. The molecule has 0 atom stereocenters. The number of hydrogen-bond donors (Lipinski definition) is 2. The number of benzene rings is 1. The lowest BCUT2D eigenvalue weighted by Gasteiger charge is -2.31. The van der Waals surface area contributed by atoms with Crippen molar-refractivity contribution in [2.45, 2.75) is 31.6 Å². The first-order valence-electron chi connectivity index (χ1n) is 11.6. The fourth-order valence-corrected chi connectivity index (χ4v) is 4.86. The highest BCUT2D eigenvalue weighted by Crippen LogP contribution is 2.35. The topological polar surface area (TPSA) is 95.5 Å². The number of carbonyl (C=O) groups excluding carboxylic acids is 1. The van der Waals surface area contributed by atoms with E-state index in [9.17, 15) is 4.79 Å². The Morgan fingerprint density at radius 2 is 2.03 bits per heavy atom. The number of hydrogen-bond acceptors (Lipinski definition) is 5. The number of nitrogens with two attached hydrogens (primary N) is 1. The van der Waals surface area contributed by atoms with Crippen LogP contribution in [-0.4, -0.2) is 68.8 Å². The average molecular weight is 446 g/mol. The normalized spacial score (nSPS) is 15.2. The van der Waals surface area contributed by atoms with E-state index in [1.54, 1.807) is 6.20 Å². The van der Waals surface area contributed by atoms with Gasteiger partial charge in [-0.1, -0.05) is 18.2 Å². The number of amides is 1. The third kappa shape index (κ3) is 4.18. The predicted octanol–water partition coefficient (Wildman–Crippen LogP) is 3.51. The first-order valence-corrected chi connectivity index (χ1v) is 11.6. The number of rotatable bonds is 6. The van der Waals surface area contributed by atoms with Gasteiger partial charge < -0.3 is 20.5 Å². The molecule has 8 heteroatoms. The molecule has 1 aromatic carbocycles. The summed E-state index contributed by atoms with van der Waals surface area (Å²) >= 11 is 0. The minimum atomic E-state index is 0.260. The smallest absolute Gasteiger partial charge is 0.222 e. The van der Waals surface area contributed by atoms with Gasteiger partial charge in [0.25, 0.3) is 0 Å². The molecule has 5 rings (SSSR count). The van der Waals surface area contributed by atoms with E-state index in [1.807, 2.05) is 37.3 Å². The van der Waals surface area contributed by atoms with Gasteiger partial charge >= 0.3 is 0 Å². The van der Waals surface area contributed by atoms with Gasteiger partial charge in [-0.25, -0.2) is 9.97 Å². The maximum Gasteiger partial charge on any atom is 0.222 e. The number of likely N-dealkylation sites (tertiary alicyclic amines) is 1. The molecule has 0 aliphatic carbocycles. The standard InChI is InChI=1S/C25H31N7O/c1-30(2)12-5-8-21(33)31-13-9-17(10-14-31)25-29-22(23-24(26)27-11-15-32(23)25)20-16-18-6-3-4-7-19(18)28-20/h3-4,6-7,11,15-17,28H,5,8-10,12-14H2,1-2H3,(H2,26,27). The Kier molecular flexibility index (Phi) is 5.76. The van der Waals surface area contributed by atoms with Crippen molar-refractivity contribution in [3.05, 3.63) is 48.5 Å². The van der Waals surface area contributed by atoms with Crippen LogP contribution in [0.25, 0.3) is 27.8 Å². The number of nitrogens with zero attached hydrogens (tertiary/aromatic N) is 5. The van der Waals surface area contributed by atoms with Crippen LogP contribution < -0.4 is 5.73 Å². The second-order valence-electron chi connectivity index (χ2n) is 9.18. The van der Waals surface area contributed by atoms with E-state index in [0.717, 1.165) is 72.5 Å². The average Bonchev–Trinajstić information content (AvgIpc) is 3.41. The van der Waals surface area contributed by atoms with Crippen molar-refractivity contribution in [3.63, 3.8) is 0 Å². The quantitative estimate of drug-likeness (QED) is 0.474. The number of imidazole rings is 1. The van der Waals surface area contributed by atoms with E-state index >= 15 is 0 Å². The van der Waals surface area contributed by atoms with Crippen molar-refractivity contribution in [1.82, 2.24) is 29.2 Å². The van der Waals surface area contributed by atoms with Crippen LogP contribution in [0, 0.1) is 0 Å². The van der Waals surface area contributed by atoms with Crippen LogP contribution in [0.4, 0.5) is 5.82 Å². The number of anilines is 1. The number of fused-ring (bicyclic) bond motifs is 2. The minimum absolute atomic E-state index is 0.260. The lowest BCUT2D eigenvalue weighted by molar-refractivity contribution is -0.132. The zero-order chi connectivity index (χ0) is 22.9. The van der Waals surface area contributed by atoms with Gasteiger partial charge in [0.1, 0.15) is 22.9 Å².